The fraction of sp³-hybridized carbons (Fsp3) is 0.176. The maximum atomic E-state index is 10.9. The molecule has 0 saturated carbocycles. The van der Waals surface area contributed by atoms with Crippen LogP contribution in [0.5, 0.6) is 11.5 Å². The van der Waals surface area contributed by atoms with Crippen LogP contribution in [0, 0.1) is 0 Å². The number of rotatable bonds is 4. The zero-order chi connectivity index (χ0) is 17.4. The Labute approximate surface area is 190 Å². The molecular weight excluding hydrogens is 346 g/mol. The fourth-order valence-corrected chi connectivity index (χ4v) is 1.85. The predicted molar refractivity (Wildman–Crippen MR) is 79.7 cm³/mol. The van der Waals surface area contributed by atoms with Crippen LogP contribution < -0.4 is 69.3 Å². The molecule has 2 aromatic carbocycles. The van der Waals surface area contributed by atoms with E-state index in [-0.39, 0.29) is 81.7 Å². The molecule has 122 valence electrons. The third kappa shape index (κ3) is 9.30. The standard InChI is InChI=1S/C10H12O3.C7H6O3.2Na/c1-2-3-7-6-8(11)4-5-9(7)10(12)13;8-6-3-1-5(2-4-6)7(9)10;;/h4-6,11H,2-3H2,1H3,(H,12,13);1-4,8H,(H,9,10);;/q;;2*+1/p-2. The Bertz CT molecular complexity index is 686. The van der Waals surface area contributed by atoms with Gasteiger partial charge in [-0.25, -0.2) is 9.59 Å². The van der Waals surface area contributed by atoms with Crippen LogP contribution in [0.1, 0.15) is 39.6 Å². The van der Waals surface area contributed by atoms with Crippen molar-refractivity contribution in [3.05, 3.63) is 59.2 Å². The zero-order valence-electron chi connectivity index (χ0n) is 14.5. The largest absolute Gasteiger partial charge is 1.00 e. The monoisotopic (exact) mass is 362 g/mol. The first-order valence-electron chi connectivity index (χ1n) is 6.88. The first kappa shape index (κ1) is 26.2. The normalized spacial score (nSPS) is 8.84. The van der Waals surface area contributed by atoms with E-state index in [1.165, 1.54) is 42.5 Å². The van der Waals surface area contributed by atoms with Gasteiger partial charge in [0.05, 0.1) is 11.1 Å². The van der Waals surface area contributed by atoms with Gasteiger partial charge in [0.1, 0.15) is 0 Å². The van der Waals surface area contributed by atoms with Gasteiger partial charge < -0.3 is 20.4 Å². The molecule has 25 heavy (non-hydrogen) atoms. The van der Waals surface area contributed by atoms with Crippen LogP contribution in [0.25, 0.3) is 0 Å². The Hall–Kier alpha value is -1.02. The summed E-state index contributed by atoms with van der Waals surface area (Å²) in [6.07, 6.45) is 1.47. The van der Waals surface area contributed by atoms with Crippen molar-refractivity contribution < 1.29 is 89.1 Å². The van der Waals surface area contributed by atoms with Crippen molar-refractivity contribution in [2.45, 2.75) is 19.8 Å². The molecule has 0 spiro atoms. The average Bonchev–Trinajstić information content (AvgIpc) is 2.48. The van der Waals surface area contributed by atoms with Gasteiger partial charge in [-0.2, -0.15) is 0 Å². The van der Waals surface area contributed by atoms with Crippen molar-refractivity contribution >= 4 is 11.9 Å². The minimum Gasteiger partial charge on any atom is -0.872 e. The first-order chi connectivity index (χ1) is 10.8. The third-order valence-corrected chi connectivity index (χ3v) is 2.93. The predicted octanol–water partition coefficient (Wildman–Crippen LogP) is -4.12. The summed E-state index contributed by atoms with van der Waals surface area (Å²) in [7, 11) is 0. The van der Waals surface area contributed by atoms with E-state index >= 15 is 0 Å². The fourth-order valence-electron chi connectivity index (χ4n) is 1.85. The van der Waals surface area contributed by atoms with Gasteiger partial charge >= 0.3 is 71.1 Å². The number of carboxylic acids is 2. The van der Waals surface area contributed by atoms with Crippen LogP contribution in [0.15, 0.2) is 42.5 Å². The van der Waals surface area contributed by atoms with Gasteiger partial charge in [-0.3, -0.25) is 0 Å². The van der Waals surface area contributed by atoms with Crippen molar-refractivity contribution in [3.63, 3.8) is 0 Å². The van der Waals surface area contributed by atoms with E-state index in [9.17, 15) is 19.8 Å². The minimum atomic E-state index is -1.01. The van der Waals surface area contributed by atoms with E-state index in [4.69, 9.17) is 10.2 Å². The molecule has 2 rings (SSSR count). The van der Waals surface area contributed by atoms with Gasteiger partial charge in [-0.1, -0.05) is 37.6 Å². The number of carbonyl (C=O) groups is 2. The molecule has 0 aliphatic heterocycles. The Morgan fingerprint density at radius 3 is 1.84 bits per heavy atom. The summed E-state index contributed by atoms with van der Waals surface area (Å²) in [5, 5.41) is 38.6. The first-order valence-corrected chi connectivity index (χ1v) is 6.88. The Kier molecular flexibility index (Phi) is 13.9. The molecule has 0 saturated heterocycles. The van der Waals surface area contributed by atoms with Gasteiger partial charge in [0.2, 0.25) is 0 Å². The van der Waals surface area contributed by atoms with Gasteiger partial charge in [0.25, 0.3) is 0 Å². The summed E-state index contributed by atoms with van der Waals surface area (Å²) in [6, 6.07) is 9.06. The van der Waals surface area contributed by atoms with E-state index in [1.807, 2.05) is 6.92 Å². The molecule has 0 fully saturated rings. The summed E-state index contributed by atoms with van der Waals surface area (Å²) < 4.78 is 0. The van der Waals surface area contributed by atoms with E-state index in [0.717, 1.165) is 6.42 Å². The smallest absolute Gasteiger partial charge is 0.872 e. The summed E-state index contributed by atoms with van der Waals surface area (Å²) in [5.74, 6) is -2.29. The number of carboxylic acid groups (broad SMARTS) is 2. The maximum Gasteiger partial charge on any atom is 1.00 e. The molecule has 0 unspecified atom stereocenters. The van der Waals surface area contributed by atoms with Crippen LogP contribution in [-0.4, -0.2) is 22.2 Å². The molecule has 2 aromatic rings. The summed E-state index contributed by atoms with van der Waals surface area (Å²) >= 11 is 0. The molecule has 0 radical (unpaired) electrons. The van der Waals surface area contributed by atoms with Crippen LogP contribution >= 0.6 is 0 Å². The average molecular weight is 362 g/mol. The number of aryl methyl sites for hydroxylation is 1. The van der Waals surface area contributed by atoms with Gasteiger partial charge in [-0.05, 0) is 30.2 Å². The maximum absolute atomic E-state index is 10.9. The van der Waals surface area contributed by atoms with Crippen LogP contribution in [0.4, 0.5) is 0 Å². The van der Waals surface area contributed by atoms with Crippen LogP contribution in [0.2, 0.25) is 0 Å². The second-order valence-corrected chi connectivity index (χ2v) is 4.70. The quantitative estimate of drug-likeness (QED) is 0.533. The molecule has 0 atom stereocenters. The molecule has 0 aliphatic carbocycles. The van der Waals surface area contributed by atoms with Crippen molar-refractivity contribution in [3.8, 4) is 11.5 Å². The van der Waals surface area contributed by atoms with Crippen molar-refractivity contribution in [2.24, 2.45) is 0 Å². The molecule has 0 bridgehead atoms. The number of hydrogen-bond acceptors (Lipinski definition) is 4. The number of benzene rings is 2. The van der Waals surface area contributed by atoms with Crippen molar-refractivity contribution in [1.29, 1.82) is 0 Å². The Morgan fingerprint density at radius 1 is 0.880 bits per heavy atom. The SMILES string of the molecule is CCCc1cc([O-])ccc1C(=O)O.O=C(O)c1ccc([O-])cc1.[Na+].[Na+]. The topological polar surface area (TPSA) is 121 Å². The molecule has 0 heterocycles. The van der Waals surface area contributed by atoms with Gasteiger partial charge in [0, 0.05) is 0 Å². The van der Waals surface area contributed by atoms with Gasteiger partial charge in [-0.15, -0.1) is 11.5 Å². The molecule has 0 aromatic heterocycles. The van der Waals surface area contributed by atoms with Crippen molar-refractivity contribution in [1.82, 2.24) is 0 Å². The van der Waals surface area contributed by atoms with E-state index in [1.54, 1.807) is 0 Å². The Balaban J connectivity index is 0. The third-order valence-electron chi connectivity index (χ3n) is 2.93. The molecule has 0 aliphatic rings. The molecule has 0 amide bonds. The van der Waals surface area contributed by atoms with Crippen LogP contribution in [0.3, 0.4) is 0 Å². The molecule has 2 N–H and O–H groups in total. The Morgan fingerprint density at radius 2 is 1.40 bits per heavy atom. The molecular formula is C17H16Na2O6. The number of hydrogen-bond donors (Lipinski definition) is 2. The second kappa shape index (κ2) is 13.2. The van der Waals surface area contributed by atoms with Crippen LogP contribution in [-0.2, 0) is 6.42 Å². The minimum absolute atomic E-state index is 0. The summed E-state index contributed by atoms with van der Waals surface area (Å²) in [5.41, 5.74) is 1.00. The summed E-state index contributed by atoms with van der Waals surface area (Å²) in [6.45, 7) is 1.95. The van der Waals surface area contributed by atoms with Gasteiger partial charge in [0.15, 0.2) is 0 Å². The number of aromatic carboxylic acids is 2. The summed E-state index contributed by atoms with van der Waals surface area (Å²) in [4.78, 5) is 20.9. The van der Waals surface area contributed by atoms with E-state index < -0.39 is 11.9 Å². The molecule has 6 nitrogen and oxygen atoms in total. The zero-order valence-corrected chi connectivity index (χ0v) is 18.5. The van der Waals surface area contributed by atoms with Crippen molar-refractivity contribution in [2.75, 3.05) is 0 Å². The second-order valence-electron chi connectivity index (χ2n) is 4.70. The van der Waals surface area contributed by atoms with E-state index in [0.29, 0.717) is 12.0 Å². The molecule has 8 heteroatoms. The van der Waals surface area contributed by atoms with E-state index in [2.05, 4.69) is 0 Å².